The molecule has 19 heavy (non-hydrogen) atoms. The number of hydrogen-bond donors (Lipinski definition) is 1. The van der Waals surface area contributed by atoms with Gasteiger partial charge in [-0.1, -0.05) is 6.07 Å². The Morgan fingerprint density at radius 1 is 1.32 bits per heavy atom. The zero-order valence-corrected chi connectivity index (χ0v) is 11.7. The van der Waals surface area contributed by atoms with Crippen LogP contribution in [-0.2, 0) is 10.0 Å². The quantitative estimate of drug-likeness (QED) is 0.913. The Morgan fingerprint density at radius 3 is 2.63 bits per heavy atom. The van der Waals surface area contributed by atoms with Gasteiger partial charge in [0.25, 0.3) is 5.91 Å². The zero-order chi connectivity index (χ0) is 13.9. The van der Waals surface area contributed by atoms with E-state index in [1.165, 1.54) is 0 Å². The molecule has 0 aliphatic carbocycles. The Kier molecular flexibility index (Phi) is 4.09. The van der Waals surface area contributed by atoms with Crippen LogP contribution in [0.1, 0.15) is 30.1 Å². The summed E-state index contributed by atoms with van der Waals surface area (Å²) in [5.41, 5.74) is 0.963. The van der Waals surface area contributed by atoms with Crippen LogP contribution in [0.15, 0.2) is 24.3 Å². The smallest absolute Gasteiger partial charge is 0.253 e. The van der Waals surface area contributed by atoms with E-state index in [4.69, 9.17) is 0 Å². The maximum absolute atomic E-state index is 12.2. The normalized spacial score (nSPS) is 15.5. The molecule has 6 heteroatoms. The number of amides is 1. The number of nitrogens with one attached hydrogen (secondary N) is 1. The Bertz CT molecular complexity index is 563. The first-order chi connectivity index (χ1) is 9.02. The first kappa shape index (κ1) is 13.9. The molecule has 0 saturated carbocycles. The Morgan fingerprint density at radius 2 is 2.00 bits per heavy atom. The van der Waals surface area contributed by atoms with Gasteiger partial charge in [-0.25, -0.2) is 8.42 Å². The van der Waals surface area contributed by atoms with Crippen LogP contribution in [0.2, 0.25) is 0 Å². The molecule has 1 heterocycles. The van der Waals surface area contributed by atoms with E-state index in [1.54, 1.807) is 36.1 Å². The molecule has 0 spiro atoms. The highest BCUT2D eigenvalue weighted by molar-refractivity contribution is 7.92. The number of sulfonamides is 1. The third kappa shape index (κ3) is 3.47. The molecule has 1 fully saturated rings. The van der Waals surface area contributed by atoms with Crippen LogP contribution in [0.3, 0.4) is 0 Å². The summed E-state index contributed by atoms with van der Waals surface area (Å²) < 4.78 is 25.5. The second-order valence-corrected chi connectivity index (χ2v) is 6.60. The van der Waals surface area contributed by atoms with Crippen molar-refractivity contribution in [3.63, 3.8) is 0 Å². The van der Waals surface area contributed by atoms with Gasteiger partial charge >= 0.3 is 0 Å². The maximum atomic E-state index is 12.2. The number of nitrogens with zero attached hydrogens (tertiary/aromatic N) is 1. The van der Waals surface area contributed by atoms with Crippen molar-refractivity contribution in [2.75, 3.05) is 23.6 Å². The van der Waals surface area contributed by atoms with Gasteiger partial charge in [-0.05, 0) is 38.0 Å². The van der Waals surface area contributed by atoms with Gasteiger partial charge in [-0.3, -0.25) is 9.52 Å². The number of likely N-dealkylation sites (tertiary alicyclic amines) is 1. The number of carbonyl (C=O) groups excluding carboxylic acids is 1. The van der Waals surface area contributed by atoms with E-state index in [0.717, 1.165) is 25.9 Å². The predicted octanol–water partition coefficient (Wildman–Crippen LogP) is 1.68. The highest BCUT2D eigenvalue weighted by Gasteiger charge is 2.19. The number of hydrogen-bond acceptors (Lipinski definition) is 3. The molecule has 1 amide bonds. The summed E-state index contributed by atoms with van der Waals surface area (Å²) in [5, 5.41) is 0. The standard InChI is InChI=1S/C13H18N2O3S/c1-2-19(17,18)14-12-7-5-6-11(10-12)13(16)15-8-3-4-9-15/h5-7,10,14H,2-4,8-9H2,1H3. The SMILES string of the molecule is CCS(=O)(=O)Nc1cccc(C(=O)N2CCCC2)c1. The average Bonchev–Trinajstić information content (AvgIpc) is 2.91. The predicted molar refractivity (Wildman–Crippen MR) is 74.7 cm³/mol. The monoisotopic (exact) mass is 282 g/mol. The summed E-state index contributed by atoms with van der Waals surface area (Å²) in [5.74, 6) is -0.0212. The van der Waals surface area contributed by atoms with Crippen molar-refractivity contribution in [1.29, 1.82) is 0 Å². The lowest BCUT2D eigenvalue weighted by Crippen LogP contribution is -2.27. The van der Waals surface area contributed by atoms with Crippen LogP contribution in [0.25, 0.3) is 0 Å². The largest absolute Gasteiger partial charge is 0.339 e. The number of anilines is 1. The topological polar surface area (TPSA) is 66.5 Å². The van der Waals surface area contributed by atoms with Crippen molar-refractivity contribution >= 4 is 21.6 Å². The molecule has 0 atom stereocenters. The highest BCUT2D eigenvalue weighted by Crippen LogP contribution is 2.17. The fourth-order valence-corrected chi connectivity index (χ4v) is 2.70. The van der Waals surface area contributed by atoms with Crippen molar-refractivity contribution in [3.05, 3.63) is 29.8 Å². The van der Waals surface area contributed by atoms with Gasteiger partial charge < -0.3 is 4.90 Å². The van der Waals surface area contributed by atoms with E-state index in [1.807, 2.05) is 0 Å². The summed E-state index contributed by atoms with van der Waals surface area (Å²) >= 11 is 0. The van der Waals surface area contributed by atoms with Gasteiger partial charge in [0.15, 0.2) is 0 Å². The minimum absolute atomic E-state index is 0.0112. The third-order valence-electron chi connectivity index (χ3n) is 3.16. The van der Waals surface area contributed by atoms with Crippen LogP contribution in [0.5, 0.6) is 0 Å². The van der Waals surface area contributed by atoms with E-state index >= 15 is 0 Å². The molecule has 0 unspecified atom stereocenters. The van der Waals surface area contributed by atoms with Gasteiger partial charge in [0, 0.05) is 24.3 Å². The van der Waals surface area contributed by atoms with E-state index in [9.17, 15) is 13.2 Å². The van der Waals surface area contributed by atoms with E-state index < -0.39 is 10.0 Å². The number of rotatable bonds is 4. The summed E-state index contributed by atoms with van der Waals surface area (Å²) in [6.07, 6.45) is 2.07. The van der Waals surface area contributed by atoms with E-state index in [0.29, 0.717) is 11.3 Å². The minimum Gasteiger partial charge on any atom is -0.339 e. The zero-order valence-electron chi connectivity index (χ0n) is 10.9. The van der Waals surface area contributed by atoms with Crippen molar-refractivity contribution in [2.24, 2.45) is 0 Å². The molecule has 1 aromatic rings. The molecule has 0 radical (unpaired) electrons. The van der Waals surface area contributed by atoms with Crippen LogP contribution in [0, 0.1) is 0 Å². The fraction of sp³-hybridized carbons (Fsp3) is 0.462. The summed E-state index contributed by atoms with van der Waals surface area (Å²) in [6, 6.07) is 6.64. The average molecular weight is 282 g/mol. The lowest BCUT2D eigenvalue weighted by atomic mass is 10.2. The second kappa shape index (κ2) is 5.61. The van der Waals surface area contributed by atoms with E-state index in [2.05, 4.69) is 4.72 Å². The lowest BCUT2D eigenvalue weighted by molar-refractivity contribution is 0.0793. The molecule has 1 N–H and O–H groups in total. The number of benzene rings is 1. The highest BCUT2D eigenvalue weighted by atomic mass is 32.2. The lowest BCUT2D eigenvalue weighted by Gasteiger charge is -2.15. The van der Waals surface area contributed by atoms with Crippen molar-refractivity contribution in [3.8, 4) is 0 Å². The first-order valence-corrected chi connectivity index (χ1v) is 8.07. The first-order valence-electron chi connectivity index (χ1n) is 6.41. The van der Waals surface area contributed by atoms with Gasteiger partial charge in [0.2, 0.25) is 10.0 Å². The van der Waals surface area contributed by atoms with Crippen LogP contribution < -0.4 is 4.72 Å². The third-order valence-corrected chi connectivity index (χ3v) is 4.46. The summed E-state index contributed by atoms with van der Waals surface area (Å²) in [6.45, 7) is 3.13. The Balaban J connectivity index is 2.17. The molecule has 1 aromatic carbocycles. The fourth-order valence-electron chi connectivity index (χ4n) is 2.07. The van der Waals surface area contributed by atoms with Gasteiger partial charge in [-0.15, -0.1) is 0 Å². The van der Waals surface area contributed by atoms with Crippen molar-refractivity contribution in [1.82, 2.24) is 4.90 Å². The molecule has 1 aliphatic heterocycles. The molecule has 0 bridgehead atoms. The minimum atomic E-state index is -3.31. The summed E-state index contributed by atoms with van der Waals surface area (Å²) in [4.78, 5) is 14.0. The molecule has 5 nitrogen and oxygen atoms in total. The van der Waals surface area contributed by atoms with Gasteiger partial charge in [0.05, 0.1) is 5.75 Å². The number of carbonyl (C=O) groups is 1. The van der Waals surface area contributed by atoms with Crippen LogP contribution in [-0.4, -0.2) is 38.1 Å². The molecule has 0 aromatic heterocycles. The van der Waals surface area contributed by atoms with Crippen molar-refractivity contribution < 1.29 is 13.2 Å². The van der Waals surface area contributed by atoms with Gasteiger partial charge in [0.1, 0.15) is 0 Å². The Labute approximate surface area is 113 Å². The maximum Gasteiger partial charge on any atom is 0.253 e. The molecule has 1 aliphatic rings. The second-order valence-electron chi connectivity index (χ2n) is 4.59. The molecule has 1 saturated heterocycles. The molecule has 104 valence electrons. The van der Waals surface area contributed by atoms with Crippen LogP contribution >= 0.6 is 0 Å². The van der Waals surface area contributed by atoms with Crippen LogP contribution in [0.4, 0.5) is 5.69 Å². The molecular weight excluding hydrogens is 264 g/mol. The Hall–Kier alpha value is -1.56. The molecular formula is C13H18N2O3S. The molecule has 2 rings (SSSR count). The summed E-state index contributed by atoms with van der Waals surface area (Å²) in [7, 11) is -3.31. The van der Waals surface area contributed by atoms with E-state index in [-0.39, 0.29) is 11.7 Å². The van der Waals surface area contributed by atoms with Gasteiger partial charge in [-0.2, -0.15) is 0 Å². The van der Waals surface area contributed by atoms with Crippen molar-refractivity contribution in [2.45, 2.75) is 19.8 Å².